The summed E-state index contributed by atoms with van der Waals surface area (Å²) in [6.07, 6.45) is 1.58. The highest BCUT2D eigenvalue weighted by molar-refractivity contribution is 6.42. The first kappa shape index (κ1) is 20.1. The average Bonchev–Trinajstić information content (AvgIpc) is 3.10. The molecule has 1 heterocycles. The Morgan fingerprint density at radius 1 is 1.00 bits per heavy atom. The molecule has 3 aromatic carbocycles. The normalized spacial score (nSPS) is 14.6. The molecule has 1 aliphatic rings. The Morgan fingerprint density at radius 3 is 2.63 bits per heavy atom. The van der Waals surface area contributed by atoms with Crippen LogP contribution in [0.4, 0.5) is 4.39 Å². The summed E-state index contributed by atoms with van der Waals surface area (Å²) in [7, 11) is 0. The molecule has 4 rings (SSSR count). The van der Waals surface area contributed by atoms with Gasteiger partial charge in [-0.3, -0.25) is 0 Å². The van der Waals surface area contributed by atoms with Gasteiger partial charge in [0.1, 0.15) is 18.2 Å². The number of aliphatic imine (C=N–C) groups is 1. The number of hydrogen-bond donors (Lipinski definition) is 0. The maximum Gasteiger partial charge on any atom is 0.363 e. The second-order valence-electron chi connectivity index (χ2n) is 6.42. The number of halogens is 3. The minimum atomic E-state index is -0.587. The second kappa shape index (κ2) is 8.69. The minimum absolute atomic E-state index is 0.123. The standard InChI is InChI=1S/C23H14Cl2FNO3/c24-18-9-8-16(11-19(18)25)22-27-20(23(28)30-22)12-15-5-1-2-7-21(15)29-13-14-4-3-6-17(26)10-14/h1-12H,13H2/b20-12-. The van der Waals surface area contributed by atoms with E-state index < -0.39 is 5.97 Å². The van der Waals surface area contributed by atoms with E-state index in [0.717, 1.165) is 0 Å². The van der Waals surface area contributed by atoms with Gasteiger partial charge in [-0.2, -0.15) is 0 Å². The van der Waals surface area contributed by atoms with Gasteiger partial charge in [-0.1, -0.05) is 53.5 Å². The number of carbonyl (C=O) groups is 1. The van der Waals surface area contributed by atoms with Crippen molar-refractivity contribution in [1.82, 2.24) is 0 Å². The number of esters is 1. The van der Waals surface area contributed by atoms with Gasteiger partial charge in [-0.05, 0) is 48.0 Å². The minimum Gasteiger partial charge on any atom is -0.488 e. The van der Waals surface area contributed by atoms with E-state index in [4.69, 9.17) is 32.7 Å². The maximum atomic E-state index is 13.4. The van der Waals surface area contributed by atoms with E-state index in [9.17, 15) is 9.18 Å². The van der Waals surface area contributed by atoms with Gasteiger partial charge >= 0.3 is 5.97 Å². The molecule has 0 bridgehead atoms. The molecule has 0 saturated heterocycles. The number of para-hydroxylation sites is 1. The van der Waals surface area contributed by atoms with Gasteiger partial charge in [0.2, 0.25) is 5.90 Å². The first-order chi connectivity index (χ1) is 14.5. The van der Waals surface area contributed by atoms with Gasteiger partial charge in [0, 0.05) is 11.1 Å². The monoisotopic (exact) mass is 441 g/mol. The first-order valence-corrected chi connectivity index (χ1v) is 9.69. The lowest BCUT2D eigenvalue weighted by Crippen LogP contribution is -2.05. The fourth-order valence-corrected chi connectivity index (χ4v) is 3.13. The summed E-state index contributed by atoms with van der Waals surface area (Å²) in [5.74, 6) is -0.247. The lowest BCUT2D eigenvalue weighted by atomic mass is 10.1. The molecule has 0 fully saturated rings. The number of ether oxygens (including phenoxy) is 2. The van der Waals surface area contributed by atoms with Crippen LogP contribution in [0, 0.1) is 5.82 Å². The molecule has 3 aromatic rings. The molecular formula is C23H14Cl2FNO3. The smallest absolute Gasteiger partial charge is 0.363 e. The summed E-state index contributed by atoms with van der Waals surface area (Å²) in [5.41, 5.74) is 1.99. The largest absolute Gasteiger partial charge is 0.488 e. The van der Waals surface area contributed by atoms with Gasteiger partial charge in [0.05, 0.1) is 10.0 Å². The second-order valence-corrected chi connectivity index (χ2v) is 7.24. The predicted molar refractivity (Wildman–Crippen MR) is 114 cm³/mol. The Hall–Kier alpha value is -3.15. The van der Waals surface area contributed by atoms with Crippen LogP contribution in [0.2, 0.25) is 10.0 Å². The van der Waals surface area contributed by atoms with Crippen molar-refractivity contribution >= 4 is 41.1 Å². The van der Waals surface area contributed by atoms with Crippen LogP contribution in [-0.2, 0) is 16.1 Å². The van der Waals surface area contributed by atoms with E-state index in [1.54, 1.807) is 54.6 Å². The molecule has 0 saturated carbocycles. The Kier molecular flexibility index (Phi) is 5.84. The van der Waals surface area contributed by atoms with Crippen molar-refractivity contribution in [3.63, 3.8) is 0 Å². The van der Waals surface area contributed by atoms with Crippen LogP contribution in [0.1, 0.15) is 16.7 Å². The molecule has 4 nitrogen and oxygen atoms in total. The Bertz CT molecular complexity index is 1190. The number of carbonyl (C=O) groups excluding carboxylic acids is 1. The SMILES string of the molecule is O=C1OC(c2ccc(Cl)c(Cl)c2)=N/C1=C\c1ccccc1OCc1cccc(F)c1. The molecule has 7 heteroatoms. The number of hydrogen-bond acceptors (Lipinski definition) is 4. The van der Waals surface area contributed by atoms with Crippen LogP contribution in [-0.4, -0.2) is 11.9 Å². The molecule has 150 valence electrons. The van der Waals surface area contributed by atoms with E-state index in [1.807, 2.05) is 6.07 Å². The summed E-state index contributed by atoms with van der Waals surface area (Å²) in [6.45, 7) is 0.181. The quantitative estimate of drug-likeness (QED) is 0.357. The third-order valence-electron chi connectivity index (χ3n) is 4.28. The molecule has 0 aliphatic carbocycles. The van der Waals surface area contributed by atoms with E-state index >= 15 is 0 Å². The van der Waals surface area contributed by atoms with Gasteiger partial charge in [0.25, 0.3) is 0 Å². The van der Waals surface area contributed by atoms with Gasteiger partial charge in [0.15, 0.2) is 5.70 Å². The topological polar surface area (TPSA) is 47.9 Å². The van der Waals surface area contributed by atoms with Gasteiger partial charge < -0.3 is 9.47 Å². The van der Waals surface area contributed by atoms with Crippen molar-refractivity contribution in [3.8, 4) is 5.75 Å². The number of rotatable bonds is 5. The first-order valence-electron chi connectivity index (χ1n) is 8.94. The van der Waals surface area contributed by atoms with E-state index in [-0.39, 0.29) is 24.0 Å². The van der Waals surface area contributed by atoms with Crippen LogP contribution in [0.25, 0.3) is 6.08 Å². The number of nitrogens with zero attached hydrogens (tertiary/aromatic N) is 1. The molecule has 0 radical (unpaired) electrons. The highest BCUT2D eigenvalue weighted by Gasteiger charge is 2.25. The molecule has 0 amide bonds. The van der Waals surface area contributed by atoms with Crippen molar-refractivity contribution < 1.29 is 18.7 Å². The van der Waals surface area contributed by atoms with Crippen LogP contribution in [0.3, 0.4) is 0 Å². The maximum absolute atomic E-state index is 13.4. The van der Waals surface area contributed by atoms with E-state index in [1.165, 1.54) is 12.1 Å². The van der Waals surface area contributed by atoms with Gasteiger partial charge in [-0.15, -0.1) is 0 Å². The van der Waals surface area contributed by atoms with Crippen molar-refractivity contribution in [2.24, 2.45) is 4.99 Å². The van der Waals surface area contributed by atoms with Gasteiger partial charge in [-0.25, -0.2) is 14.2 Å². The highest BCUT2D eigenvalue weighted by Crippen LogP contribution is 2.28. The fourth-order valence-electron chi connectivity index (χ4n) is 2.83. The third kappa shape index (κ3) is 4.53. The molecular weight excluding hydrogens is 428 g/mol. The molecule has 0 atom stereocenters. The van der Waals surface area contributed by atoms with Crippen LogP contribution >= 0.6 is 23.2 Å². The van der Waals surface area contributed by atoms with Crippen LogP contribution in [0.15, 0.2) is 77.4 Å². The molecule has 1 aliphatic heterocycles. The zero-order chi connectivity index (χ0) is 21.1. The highest BCUT2D eigenvalue weighted by atomic mass is 35.5. The Morgan fingerprint density at radius 2 is 1.83 bits per heavy atom. The van der Waals surface area contributed by atoms with E-state index in [2.05, 4.69) is 4.99 Å². The predicted octanol–water partition coefficient (Wildman–Crippen LogP) is 6.06. The number of cyclic esters (lactones) is 1. The Labute approximate surface area is 182 Å². The third-order valence-corrected chi connectivity index (χ3v) is 5.02. The fraction of sp³-hybridized carbons (Fsp3) is 0.0435. The number of benzene rings is 3. The summed E-state index contributed by atoms with van der Waals surface area (Å²) in [5, 5.41) is 0.729. The van der Waals surface area contributed by atoms with Crippen molar-refractivity contribution in [2.75, 3.05) is 0 Å². The molecule has 0 spiro atoms. The summed E-state index contributed by atoms with van der Waals surface area (Å²) >= 11 is 12.0. The molecule has 30 heavy (non-hydrogen) atoms. The zero-order valence-corrected chi connectivity index (χ0v) is 17.0. The van der Waals surface area contributed by atoms with Crippen LogP contribution < -0.4 is 4.74 Å². The zero-order valence-electron chi connectivity index (χ0n) is 15.4. The van der Waals surface area contributed by atoms with Crippen molar-refractivity contribution in [1.29, 1.82) is 0 Å². The molecule has 0 N–H and O–H groups in total. The summed E-state index contributed by atoms with van der Waals surface area (Å²) < 4.78 is 24.5. The molecule has 0 aromatic heterocycles. The van der Waals surface area contributed by atoms with Crippen molar-refractivity contribution in [2.45, 2.75) is 6.61 Å². The lowest BCUT2D eigenvalue weighted by Gasteiger charge is -2.09. The lowest BCUT2D eigenvalue weighted by molar-refractivity contribution is -0.129. The summed E-state index contributed by atoms with van der Waals surface area (Å²) in [4.78, 5) is 16.6. The average molecular weight is 442 g/mol. The van der Waals surface area contributed by atoms with Crippen molar-refractivity contribution in [3.05, 3.63) is 105 Å². The summed E-state index contributed by atoms with van der Waals surface area (Å²) in [6, 6.07) is 18.2. The van der Waals surface area contributed by atoms with Crippen LogP contribution in [0.5, 0.6) is 5.75 Å². The Balaban J connectivity index is 1.59. The van der Waals surface area contributed by atoms with E-state index in [0.29, 0.717) is 32.5 Å². The molecule has 0 unspecified atom stereocenters.